The lowest BCUT2D eigenvalue weighted by molar-refractivity contribution is -0.121. The lowest BCUT2D eigenvalue weighted by Gasteiger charge is -2.33. The van der Waals surface area contributed by atoms with E-state index in [1.807, 2.05) is 19.1 Å². The van der Waals surface area contributed by atoms with Gasteiger partial charge in [-0.05, 0) is 38.4 Å². The fourth-order valence-corrected chi connectivity index (χ4v) is 3.01. The minimum atomic E-state index is 0.0730. The summed E-state index contributed by atoms with van der Waals surface area (Å²) in [6.07, 6.45) is 4.71. The minimum Gasteiger partial charge on any atom is -0.465 e. The van der Waals surface area contributed by atoms with Gasteiger partial charge in [0.25, 0.3) is 0 Å². The molecule has 6 nitrogen and oxygen atoms in total. The maximum atomic E-state index is 12.1. The molecule has 1 aromatic heterocycles. The van der Waals surface area contributed by atoms with E-state index in [0.29, 0.717) is 13.0 Å². The predicted molar refractivity (Wildman–Crippen MR) is 93.7 cm³/mol. The molecule has 1 unspecified atom stereocenters. The molecule has 3 N–H and O–H groups in total. The number of furan rings is 1. The summed E-state index contributed by atoms with van der Waals surface area (Å²) in [4.78, 5) is 14.4. The Hall–Kier alpha value is -1.37. The van der Waals surface area contributed by atoms with Crippen LogP contribution in [0.5, 0.6) is 0 Å². The molecule has 2 heterocycles. The number of unbranched alkanes of at least 4 members (excludes halogenated alkanes) is 3. The number of ether oxygens (including phenoxy) is 1. The molecule has 0 saturated carbocycles. The van der Waals surface area contributed by atoms with Gasteiger partial charge in [-0.15, -0.1) is 0 Å². The number of morpholine rings is 1. The Labute approximate surface area is 144 Å². The molecule has 1 amide bonds. The largest absolute Gasteiger partial charge is 0.465 e. The van der Waals surface area contributed by atoms with Crippen molar-refractivity contribution < 1.29 is 13.9 Å². The molecule has 1 aliphatic heterocycles. The Balaban J connectivity index is 1.81. The van der Waals surface area contributed by atoms with Crippen molar-refractivity contribution in [1.82, 2.24) is 10.2 Å². The van der Waals surface area contributed by atoms with E-state index in [-0.39, 0.29) is 11.9 Å². The predicted octanol–water partition coefficient (Wildman–Crippen LogP) is 1.99. The molecule has 1 atom stereocenters. The second-order valence-corrected chi connectivity index (χ2v) is 6.37. The summed E-state index contributed by atoms with van der Waals surface area (Å²) >= 11 is 0. The van der Waals surface area contributed by atoms with Crippen LogP contribution in [0, 0.1) is 6.92 Å². The lowest BCUT2D eigenvalue weighted by atomic mass is 10.1. The Morgan fingerprint density at radius 3 is 2.67 bits per heavy atom. The molecule has 6 heteroatoms. The van der Waals surface area contributed by atoms with E-state index in [0.717, 1.165) is 70.1 Å². The Morgan fingerprint density at radius 2 is 2.00 bits per heavy atom. The molecule has 1 fully saturated rings. The van der Waals surface area contributed by atoms with Gasteiger partial charge in [0.1, 0.15) is 11.5 Å². The number of hydrogen-bond donors (Lipinski definition) is 2. The number of hydrogen-bond acceptors (Lipinski definition) is 5. The quantitative estimate of drug-likeness (QED) is 0.638. The fraction of sp³-hybridized carbons (Fsp3) is 0.722. The summed E-state index contributed by atoms with van der Waals surface area (Å²) in [5, 5.41) is 3.07. The van der Waals surface area contributed by atoms with Gasteiger partial charge < -0.3 is 20.2 Å². The Morgan fingerprint density at radius 1 is 1.25 bits per heavy atom. The van der Waals surface area contributed by atoms with E-state index in [1.165, 1.54) is 0 Å². The number of amides is 1. The first kappa shape index (κ1) is 19.0. The summed E-state index contributed by atoms with van der Waals surface area (Å²) in [7, 11) is 0. The van der Waals surface area contributed by atoms with Gasteiger partial charge >= 0.3 is 0 Å². The topological polar surface area (TPSA) is 80.7 Å². The highest BCUT2D eigenvalue weighted by molar-refractivity contribution is 5.75. The van der Waals surface area contributed by atoms with E-state index in [9.17, 15) is 4.79 Å². The van der Waals surface area contributed by atoms with E-state index in [2.05, 4.69) is 10.2 Å². The number of nitrogens with one attached hydrogen (secondary N) is 1. The van der Waals surface area contributed by atoms with Crippen LogP contribution >= 0.6 is 0 Å². The van der Waals surface area contributed by atoms with Gasteiger partial charge in [0.05, 0.1) is 19.3 Å². The van der Waals surface area contributed by atoms with E-state index in [1.54, 1.807) is 0 Å². The lowest BCUT2D eigenvalue weighted by Crippen LogP contribution is -2.43. The zero-order valence-corrected chi connectivity index (χ0v) is 14.8. The van der Waals surface area contributed by atoms with E-state index < -0.39 is 0 Å². The molecule has 1 aromatic rings. The third-order valence-corrected chi connectivity index (χ3v) is 4.43. The molecule has 136 valence electrons. The van der Waals surface area contributed by atoms with Crippen LogP contribution in [0.3, 0.4) is 0 Å². The molecule has 0 aromatic carbocycles. The van der Waals surface area contributed by atoms with Gasteiger partial charge in [0, 0.05) is 26.1 Å². The highest BCUT2D eigenvalue weighted by Gasteiger charge is 2.25. The second kappa shape index (κ2) is 10.5. The van der Waals surface area contributed by atoms with E-state index >= 15 is 0 Å². The smallest absolute Gasteiger partial charge is 0.220 e. The normalized spacial score (nSPS) is 16.9. The maximum absolute atomic E-state index is 12.1. The maximum Gasteiger partial charge on any atom is 0.220 e. The number of carbonyl (C=O) groups is 1. The van der Waals surface area contributed by atoms with Gasteiger partial charge in [0.15, 0.2) is 0 Å². The Kier molecular flexibility index (Phi) is 8.28. The number of carbonyl (C=O) groups excluding carboxylic acids is 1. The standard InChI is InChI=1S/C18H31N3O3/c1-15-7-8-17(24-15)16(21-10-12-23-13-11-21)14-20-18(22)6-4-2-3-5-9-19/h7-8,16H,2-6,9-14,19H2,1H3,(H,20,22). The number of rotatable bonds is 10. The number of nitrogens with two attached hydrogens (primary N) is 1. The molecule has 0 bridgehead atoms. The summed E-state index contributed by atoms with van der Waals surface area (Å²) in [6, 6.07) is 4.06. The molecule has 2 rings (SSSR count). The molecule has 24 heavy (non-hydrogen) atoms. The van der Waals surface area contributed by atoms with Crippen molar-refractivity contribution >= 4 is 5.91 Å². The molecule has 0 spiro atoms. The highest BCUT2D eigenvalue weighted by Crippen LogP contribution is 2.23. The molecule has 1 aliphatic rings. The van der Waals surface area contributed by atoms with Crippen molar-refractivity contribution in [2.24, 2.45) is 5.73 Å². The van der Waals surface area contributed by atoms with Crippen molar-refractivity contribution in [1.29, 1.82) is 0 Å². The molecular weight excluding hydrogens is 306 g/mol. The van der Waals surface area contributed by atoms with E-state index in [4.69, 9.17) is 14.9 Å². The molecule has 0 radical (unpaired) electrons. The van der Waals surface area contributed by atoms with Gasteiger partial charge in [-0.25, -0.2) is 0 Å². The van der Waals surface area contributed by atoms with Gasteiger partial charge in [-0.2, -0.15) is 0 Å². The third kappa shape index (κ3) is 6.26. The van der Waals surface area contributed by atoms with Crippen LogP contribution in [0.2, 0.25) is 0 Å². The van der Waals surface area contributed by atoms with Crippen molar-refractivity contribution in [3.63, 3.8) is 0 Å². The highest BCUT2D eigenvalue weighted by atomic mass is 16.5. The van der Waals surface area contributed by atoms with Crippen LogP contribution in [0.25, 0.3) is 0 Å². The molecular formula is C18H31N3O3. The number of aryl methyl sites for hydroxylation is 1. The SMILES string of the molecule is Cc1ccc(C(CNC(=O)CCCCCCN)N2CCOCC2)o1. The summed E-state index contributed by atoms with van der Waals surface area (Å²) < 4.78 is 11.2. The minimum absolute atomic E-state index is 0.0730. The zero-order valence-electron chi connectivity index (χ0n) is 14.8. The fourth-order valence-electron chi connectivity index (χ4n) is 3.01. The van der Waals surface area contributed by atoms with Crippen LogP contribution in [0.4, 0.5) is 0 Å². The monoisotopic (exact) mass is 337 g/mol. The van der Waals surface area contributed by atoms with Crippen LogP contribution in [0.1, 0.15) is 49.7 Å². The van der Waals surface area contributed by atoms with Crippen LogP contribution in [-0.4, -0.2) is 50.2 Å². The molecule has 0 aliphatic carbocycles. The van der Waals surface area contributed by atoms with Crippen molar-refractivity contribution in [2.45, 2.75) is 45.1 Å². The summed E-state index contributed by atoms with van der Waals surface area (Å²) in [6.45, 7) is 6.43. The van der Waals surface area contributed by atoms with Crippen LogP contribution in [0.15, 0.2) is 16.5 Å². The van der Waals surface area contributed by atoms with Crippen molar-refractivity contribution in [3.05, 3.63) is 23.7 Å². The third-order valence-electron chi connectivity index (χ3n) is 4.43. The van der Waals surface area contributed by atoms with Crippen LogP contribution in [-0.2, 0) is 9.53 Å². The second-order valence-electron chi connectivity index (χ2n) is 6.37. The average Bonchev–Trinajstić information content (AvgIpc) is 3.02. The van der Waals surface area contributed by atoms with Crippen molar-refractivity contribution in [3.8, 4) is 0 Å². The van der Waals surface area contributed by atoms with Crippen molar-refractivity contribution in [2.75, 3.05) is 39.4 Å². The summed E-state index contributed by atoms with van der Waals surface area (Å²) in [5.74, 6) is 1.93. The number of nitrogens with zero attached hydrogens (tertiary/aromatic N) is 1. The summed E-state index contributed by atoms with van der Waals surface area (Å²) in [5.41, 5.74) is 5.48. The molecule has 1 saturated heterocycles. The first-order valence-corrected chi connectivity index (χ1v) is 9.05. The van der Waals surface area contributed by atoms with Crippen LogP contribution < -0.4 is 11.1 Å². The van der Waals surface area contributed by atoms with Gasteiger partial charge in [0.2, 0.25) is 5.91 Å². The Bertz CT molecular complexity index is 484. The van der Waals surface area contributed by atoms with Gasteiger partial charge in [-0.1, -0.05) is 12.8 Å². The van der Waals surface area contributed by atoms with Gasteiger partial charge in [-0.3, -0.25) is 9.69 Å². The first-order valence-electron chi connectivity index (χ1n) is 9.05. The average molecular weight is 337 g/mol. The zero-order chi connectivity index (χ0) is 17.2. The first-order chi connectivity index (χ1) is 11.7.